The highest BCUT2D eigenvalue weighted by Gasteiger charge is 2.33. The zero-order valence-corrected chi connectivity index (χ0v) is 18.7. The van der Waals surface area contributed by atoms with Crippen LogP contribution in [0.5, 0.6) is 11.5 Å². The summed E-state index contributed by atoms with van der Waals surface area (Å²) in [7, 11) is -3.66. The molecular formula is C27H21O5P. The Morgan fingerprint density at radius 1 is 0.818 bits per heavy atom. The van der Waals surface area contributed by atoms with Crippen molar-refractivity contribution in [2.75, 3.05) is 6.61 Å². The maximum Gasteiger partial charge on any atom is 0.455 e. The van der Waals surface area contributed by atoms with Gasteiger partial charge in [-0.3, -0.25) is 4.79 Å². The standard InChI is InChI=1S/C27H21O5P/c28-25-16-18(17-30-25)6-5-15-33(29)31-23-13-11-19-7-1-3-9-21(19)26(23)27-22-10-4-2-8-20(22)12-14-24(27)32-33/h1-5,7-15,18H,6,16-17H2/b15-5+/t18-/m0/s1. The van der Waals surface area contributed by atoms with E-state index in [0.717, 1.165) is 32.7 Å². The molecule has 0 saturated carbocycles. The molecule has 0 radical (unpaired) electrons. The monoisotopic (exact) mass is 456 g/mol. The van der Waals surface area contributed by atoms with Crippen LogP contribution in [0.4, 0.5) is 0 Å². The van der Waals surface area contributed by atoms with E-state index in [0.29, 0.717) is 30.9 Å². The molecule has 0 spiro atoms. The van der Waals surface area contributed by atoms with E-state index < -0.39 is 7.60 Å². The predicted molar refractivity (Wildman–Crippen MR) is 129 cm³/mol. The fourth-order valence-corrected chi connectivity index (χ4v) is 6.01. The van der Waals surface area contributed by atoms with Crippen molar-refractivity contribution in [3.63, 3.8) is 0 Å². The molecule has 4 aromatic rings. The van der Waals surface area contributed by atoms with Gasteiger partial charge >= 0.3 is 13.6 Å². The van der Waals surface area contributed by atoms with Crippen molar-refractivity contribution in [1.29, 1.82) is 0 Å². The largest absolute Gasteiger partial charge is 0.465 e. The second kappa shape index (κ2) is 7.79. The lowest BCUT2D eigenvalue weighted by atomic mass is 9.92. The molecule has 0 bridgehead atoms. The topological polar surface area (TPSA) is 61.8 Å². The van der Waals surface area contributed by atoms with Crippen LogP contribution in [0.15, 0.2) is 84.7 Å². The van der Waals surface area contributed by atoms with Crippen molar-refractivity contribution in [3.8, 4) is 22.6 Å². The highest BCUT2D eigenvalue weighted by Crippen LogP contribution is 2.59. The number of rotatable bonds is 3. The van der Waals surface area contributed by atoms with Crippen LogP contribution < -0.4 is 9.05 Å². The van der Waals surface area contributed by atoms with Crippen LogP contribution in [0.25, 0.3) is 32.7 Å². The zero-order valence-electron chi connectivity index (χ0n) is 17.8. The van der Waals surface area contributed by atoms with Crippen LogP contribution in [0.2, 0.25) is 0 Å². The van der Waals surface area contributed by atoms with Crippen LogP contribution in [-0.2, 0) is 14.1 Å². The Morgan fingerprint density at radius 2 is 1.39 bits per heavy atom. The summed E-state index contributed by atoms with van der Waals surface area (Å²) in [6.45, 7) is 0.388. The molecule has 0 N–H and O–H groups in total. The van der Waals surface area contributed by atoms with Gasteiger partial charge in [-0.05, 0) is 40.1 Å². The molecule has 0 aromatic heterocycles. The molecule has 2 heterocycles. The lowest BCUT2D eigenvalue weighted by molar-refractivity contribution is -0.137. The van der Waals surface area contributed by atoms with Crippen molar-refractivity contribution >= 4 is 35.1 Å². The Kier molecular flexibility index (Phi) is 4.74. The van der Waals surface area contributed by atoms with Gasteiger partial charge in [-0.15, -0.1) is 0 Å². The van der Waals surface area contributed by atoms with E-state index in [4.69, 9.17) is 13.8 Å². The molecule has 4 aromatic carbocycles. The minimum atomic E-state index is -3.66. The maximum atomic E-state index is 13.9. The molecule has 1 saturated heterocycles. The Morgan fingerprint density at radius 3 is 1.94 bits per heavy atom. The zero-order chi connectivity index (χ0) is 22.4. The summed E-state index contributed by atoms with van der Waals surface area (Å²) in [5.41, 5.74) is 1.75. The number of fused-ring (bicyclic) bond motifs is 7. The van der Waals surface area contributed by atoms with E-state index in [2.05, 4.69) is 12.1 Å². The number of allylic oxidation sites excluding steroid dienone is 1. The molecular weight excluding hydrogens is 435 g/mol. The van der Waals surface area contributed by atoms with Crippen molar-refractivity contribution in [1.82, 2.24) is 0 Å². The van der Waals surface area contributed by atoms with E-state index >= 15 is 0 Å². The molecule has 2 aliphatic rings. The maximum absolute atomic E-state index is 13.9. The number of carbonyl (C=O) groups is 1. The van der Waals surface area contributed by atoms with Gasteiger partial charge in [0.05, 0.1) is 13.0 Å². The summed E-state index contributed by atoms with van der Waals surface area (Å²) in [6.07, 6.45) is 2.72. The lowest BCUT2D eigenvalue weighted by Crippen LogP contribution is -1.99. The first-order valence-corrected chi connectivity index (χ1v) is 12.6. The van der Waals surface area contributed by atoms with Gasteiger partial charge in [-0.1, -0.05) is 66.7 Å². The molecule has 5 nitrogen and oxygen atoms in total. The highest BCUT2D eigenvalue weighted by molar-refractivity contribution is 7.58. The summed E-state index contributed by atoms with van der Waals surface area (Å²) in [6, 6.07) is 23.8. The third kappa shape index (κ3) is 3.59. The van der Waals surface area contributed by atoms with Gasteiger partial charge in [0.25, 0.3) is 0 Å². The molecule has 164 valence electrons. The van der Waals surface area contributed by atoms with E-state index in [9.17, 15) is 9.36 Å². The van der Waals surface area contributed by atoms with Gasteiger partial charge in [0.1, 0.15) is 11.5 Å². The Hall–Kier alpha value is -3.56. The quantitative estimate of drug-likeness (QED) is 0.243. The van der Waals surface area contributed by atoms with E-state index in [1.807, 2.05) is 60.7 Å². The second-order valence-corrected chi connectivity index (χ2v) is 10.2. The molecule has 2 aliphatic heterocycles. The molecule has 33 heavy (non-hydrogen) atoms. The third-order valence-electron chi connectivity index (χ3n) is 6.18. The number of benzene rings is 4. The van der Waals surface area contributed by atoms with Crippen LogP contribution >= 0.6 is 7.60 Å². The molecule has 6 rings (SSSR count). The number of ether oxygens (including phenoxy) is 1. The summed E-state index contributed by atoms with van der Waals surface area (Å²) < 4.78 is 31.1. The summed E-state index contributed by atoms with van der Waals surface area (Å²) in [4.78, 5) is 11.4. The van der Waals surface area contributed by atoms with E-state index in [1.54, 1.807) is 6.08 Å². The minimum Gasteiger partial charge on any atom is -0.465 e. The third-order valence-corrected chi connectivity index (χ3v) is 7.65. The number of esters is 1. The number of hydrogen-bond donors (Lipinski definition) is 0. The number of carbonyl (C=O) groups excluding carboxylic acids is 1. The first-order chi connectivity index (χ1) is 16.1. The van der Waals surface area contributed by atoms with E-state index in [1.165, 1.54) is 5.82 Å². The van der Waals surface area contributed by atoms with Crippen LogP contribution in [0.3, 0.4) is 0 Å². The summed E-state index contributed by atoms with van der Waals surface area (Å²) in [5.74, 6) is 2.45. The van der Waals surface area contributed by atoms with Crippen molar-refractivity contribution in [3.05, 3.63) is 84.7 Å². The number of cyclic esters (lactones) is 1. The molecule has 6 heteroatoms. The van der Waals surface area contributed by atoms with Crippen molar-refractivity contribution in [2.24, 2.45) is 5.92 Å². The van der Waals surface area contributed by atoms with Gasteiger partial charge in [0.2, 0.25) is 0 Å². The Bertz CT molecular complexity index is 1400. The summed E-state index contributed by atoms with van der Waals surface area (Å²) in [5, 5.41) is 4.15. The number of hydrogen-bond acceptors (Lipinski definition) is 5. The first-order valence-electron chi connectivity index (χ1n) is 11.0. The predicted octanol–water partition coefficient (Wildman–Crippen LogP) is 7.09. The lowest BCUT2D eigenvalue weighted by Gasteiger charge is -2.15. The average Bonchev–Trinajstić information content (AvgIpc) is 3.18. The molecule has 0 amide bonds. The molecule has 0 aliphatic carbocycles. The Labute approximate surface area is 191 Å². The summed E-state index contributed by atoms with van der Waals surface area (Å²) >= 11 is 0. The first kappa shape index (κ1) is 20.1. The average molecular weight is 456 g/mol. The minimum absolute atomic E-state index is 0.0831. The normalized spacial score (nSPS) is 18.9. The fourth-order valence-electron chi connectivity index (χ4n) is 4.62. The van der Waals surface area contributed by atoms with Crippen molar-refractivity contribution < 1.29 is 23.1 Å². The molecule has 1 atom stereocenters. The van der Waals surface area contributed by atoms with Gasteiger partial charge < -0.3 is 13.8 Å². The van der Waals surface area contributed by atoms with Gasteiger partial charge in [-0.2, -0.15) is 0 Å². The van der Waals surface area contributed by atoms with Crippen LogP contribution in [-0.4, -0.2) is 12.6 Å². The van der Waals surface area contributed by atoms with Gasteiger partial charge in [0, 0.05) is 22.9 Å². The second-order valence-electron chi connectivity index (χ2n) is 8.42. The van der Waals surface area contributed by atoms with Crippen LogP contribution in [0.1, 0.15) is 12.8 Å². The van der Waals surface area contributed by atoms with Crippen LogP contribution in [0, 0.1) is 5.92 Å². The Balaban J connectivity index is 1.52. The fraction of sp³-hybridized carbons (Fsp3) is 0.148. The highest BCUT2D eigenvalue weighted by atomic mass is 31.2. The molecule has 1 fully saturated rings. The SMILES string of the molecule is O=C1C[C@H](C/C=C/P2(=O)Oc3ccc4ccccc4c3-c3c(ccc4ccccc34)O2)CO1. The van der Waals surface area contributed by atoms with E-state index in [-0.39, 0.29) is 11.9 Å². The van der Waals surface area contributed by atoms with Gasteiger partial charge in [-0.25, -0.2) is 4.57 Å². The molecule has 0 unspecified atom stereocenters. The smallest absolute Gasteiger partial charge is 0.455 e. The van der Waals surface area contributed by atoms with Crippen molar-refractivity contribution in [2.45, 2.75) is 12.8 Å². The van der Waals surface area contributed by atoms with Gasteiger partial charge in [0.15, 0.2) is 0 Å².